The molecule has 2 atom stereocenters. The van der Waals surface area contributed by atoms with Crippen molar-refractivity contribution in [2.75, 3.05) is 38.5 Å². The lowest BCUT2D eigenvalue weighted by atomic mass is 9.92. The van der Waals surface area contributed by atoms with Crippen molar-refractivity contribution in [1.29, 1.82) is 0 Å². The van der Waals surface area contributed by atoms with Crippen LogP contribution >= 0.6 is 12.4 Å². The summed E-state index contributed by atoms with van der Waals surface area (Å²) in [6.45, 7) is 4.45. The van der Waals surface area contributed by atoms with E-state index in [0.29, 0.717) is 51.1 Å². The lowest BCUT2D eigenvalue weighted by Crippen LogP contribution is -2.51. The van der Waals surface area contributed by atoms with Gasteiger partial charge in [0.25, 0.3) is 0 Å². The monoisotopic (exact) mass is 510 g/mol. The van der Waals surface area contributed by atoms with Crippen molar-refractivity contribution < 1.29 is 27.9 Å². The summed E-state index contributed by atoms with van der Waals surface area (Å²) < 4.78 is 26.2. The number of hydrogen-bond acceptors (Lipinski definition) is 6. The molecule has 2 aliphatic rings. The van der Waals surface area contributed by atoms with E-state index in [1.165, 1.54) is 0 Å². The van der Waals surface area contributed by atoms with Crippen LogP contribution in [0.5, 0.6) is 0 Å². The molecule has 12 heteroatoms. The SMILES string of the molecule is CCCCS(=O)(=O)NC(CNC(=O)[C@@H]1CCCN(C(=O)CCC2CCNCC2)C1)C(=O)O.Cl. The van der Waals surface area contributed by atoms with E-state index in [4.69, 9.17) is 0 Å². The van der Waals surface area contributed by atoms with Gasteiger partial charge in [0, 0.05) is 26.1 Å². The Hall–Kier alpha value is -1.43. The molecule has 1 unspecified atom stereocenters. The predicted octanol–water partition coefficient (Wildman–Crippen LogP) is 0.716. The fourth-order valence-electron chi connectivity index (χ4n) is 4.21. The van der Waals surface area contributed by atoms with Crippen molar-refractivity contribution in [3.05, 3.63) is 0 Å². The van der Waals surface area contributed by atoms with Crippen LogP contribution in [0.1, 0.15) is 58.3 Å². The molecule has 0 bridgehead atoms. The Morgan fingerprint density at radius 2 is 1.88 bits per heavy atom. The Labute approximate surface area is 203 Å². The van der Waals surface area contributed by atoms with Crippen molar-refractivity contribution in [3.63, 3.8) is 0 Å². The second-order valence-corrected chi connectivity index (χ2v) is 10.7. The molecule has 0 saturated carbocycles. The Balaban J connectivity index is 0.00000544. The highest BCUT2D eigenvalue weighted by molar-refractivity contribution is 7.89. The smallest absolute Gasteiger partial charge is 0.323 e. The number of carboxylic acids is 1. The number of piperidine rings is 2. The predicted molar refractivity (Wildman–Crippen MR) is 128 cm³/mol. The maximum Gasteiger partial charge on any atom is 0.323 e. The summed E-state index contributed by atoms with van der Waals surface area (Å²) >= 11 is 0. The number of unbranched alkanes of at least 4 members (excludes halogenated alkanes) is 1. The number of aliphatic carboxylic acids is 1. The van der Waals surface area contributed by atoms with Crippen LogP contribution in [0, 0.1) is 11.8 Å². The van der Waals surface area contributed by atoms with Crippen LogP contribution in [0.15, 0.2) is 0 Å². The van der Waals surface area contributed by atoms with E-state index >= 15 is 0 Å². The molecule has 0 aromatic carbocycles. The van der Waals surface area contributed by atoms with Crippen molar-refractivity contribution in [3.8, 4) is 0 Å². The van der Waals surface area contributed by atoms with Gasteiger partial charge in [-0.25, -0.2) is 8.42 Å². The summed E-state index contributed by atoms with van der Waals surface area (Å²) in [6, 6.07) is -1.42. The molecule has 4 N–H and O–H groups in total. The summed E-state index contributed by atoms with van der Waals surface area (Å²) in [5.74, 6) is -1.63. The Morgan fingerprint density at radius 1 is 1.18 bits per heavy atom. The molecule has 0 aliphatic carbocycles. The molecule has 0 spiro atoms. The lowest BCUT2D eigenvalue weighted by Gasteiger charge is -2.33. The first-order chi connectivity index (χ1) is 15.2. The van der Waals surface area contributed by atoms with Gasteiger partial charge in [0.05, 0.1) is 11.7 Å². The van der Waals surface area contributed by atoms with Crippen molar-refractivity contribution >= 4 is 40.2 Å². The van der Waals surface area contributed by atoms with E-state index in [9.17, 15) is 27.9 Å². The first-order valence-electron chi connectivity index (χ1n) is 11.7. The highest BCUT2D eigenvalue weighted by Gasteiger charge is 2.30. The standard InChI is InChI=1S/C21H38N4O6S.ClH/c1-2-3-13-32(30,31)24-18(21(28)29)14-23-20(27)17-5-4-12-25(15-17)19(26)7-6-16-8-10-22-11-9-16;/h16-18,22,24H,2-15H2,1H3,(H,23,27)(H,28,29);1H/t17-,18?;/m1./s1. The second kappa shape index (κ2) is 14.7. The average molecular weight is 511 g/mol. The van der Waals surface area contributed by atoms with Crippen molar-refractivity contribution in [2.24, 2.45) is 11.8 Å². The number of carbonyl (C=O) groups excluding carboxylic acids is 2. The number of halogens is 1. The van der Waals surface area contributed by atoms with E-state index in [2.05, 4.69) is 15.4 Å². The molecule has 0 aromatic rings. The third-order valence-corrected chi connectivity index (χ3v) is 7.71. The zero-order chi connectivity index (χ0) is 23.6. The minimum atomic E-state index is -3.74. The van der Waals surface area contributed by atoms with Gasteiger partial charge in [-0.2, -0.15) is 4.72 Å². The van der Waals surface area contributed by atoms with E-state index in [-0.39, 0.29) is 36.5 Å². The molecule has 33 heavy (non-hydrogen) atoms. The van der Waals surface area contributed by atoms with E-state index < -0.39 is 28.0 Å². The second-order valence-electron chi connectivity index (χ2n) is 8.84. The molecule has 2 amide bonds. The zero-order valence-electron chi connectivity index (χ0n) is 19.4. The van der Waals surface area contributed by atoms with Crippen LogP contribution in [-0.2, 0) is 24.4 Å². The van der Waals surface area contributed by atoms with Crippen LogP contribution in [0.2, 0.25) is 0 Å². The third-order valence-electron chi connectivity index (χ3n) is 6.24. The molecule has 2 heterocycles. The lowest BCUT2D eigenvalue weighted by molar-refractivity contribution is -0.139. The average Bonchev–Trinajstić information content (AvgIpc) is 2.79. The van der Waals surface area contributed by atoms with Crippen LogP contribution in [0.4, 0.5) is 0 Å². The zero-order valence-corrected chi connectivity index (χ0v) is 21.0. The van der Waals surface area contributed by atoms with E-state index in [0.717, 1.165) is 32.4 Å². The van der Waals surface area contributed by atoms with Gasteiger partial charge in [-0.05, 0) is 57.5 Å². The Morgan fingerprint density at radius 3 is 2.52 bits per heavy atom. The van der Waals surface area contributed by atoms with Gasteiger partial charge in [-0.3, -0.25) is 14.4 Å². The molecule has 0 aromatic heterocycles. The van der Waals surface area contributed by atoms with Crippen LogP contribution in [-0.4, -0.2) is 80.7 Å². The summed E-state index contributed by atoms with van der Waals surface area (Å²) in [5, 5.41) is 15.2. The summed E-state index contributed by atoms with van der Waals surface area (Å²) in [7, 11) is -3.74. The molecular formula is C21H39ClN4O6S. The number of hydrogen-bond donors (Lipinski definition) is 4. The molecule has 2 fully saturated rings. The number of likely N-dealkylation sites (tertiary alicyclic amines) is 1. The number of rotatable bonds is 12. The number of sulfonamides is 1. The van der Waals surface area contributed by atoms with Gasteiger partial charge in [0.2, 0.25) is 21.8 Å². The summed E-state index contributed by atoms with van der Waals surface area (Å²) in [6.07, 6.45) is 5.96. The van der Waals surface area contributed by atoms with E-state index in [1.807, 2.05) is 6.92 Å². The molecule has 192 valence electrons. The number of amides is 2. The number of nitrogens with zero attached hydrogens (tertiary/aromatic N) is 1. The molecule has 10 nitrogen and oxygen atoms in total. The maximum absolute atomic E-state index is 12.6. The van der Waals surface area contributed by atoms with Gasteiger partial charge < -0.3 is 20.6 Å². The molecule has 2 saturated heterocycles. The first kappa shape index (κ1) is 29.6. The van der Waals surface area contributed by atoms with Gasteiger partial charge in [0.15, 0.2) is 0 Å². The Kier molecular flexibility index (Phi) is 13.2. The highest BCUT2D eigenvalue weighted by atomic mass is 35.5. The quantitative estimate of drug-likeness (QED) is 0.302. The number of carboxylic acid groups (broad SMARTS) is 1. The number of nitrogens with one attached hydrogen (secondary N) is 3. The normalized spacial score (nSPS) is 20.5. The first-order valence-corrected chi connectivity index (χ1v) is 13.4. The van der Waals surface area contributed by atoms with Gasteiger partial charge in [0.1, 0.15) is 6.04 Å². The third kappa shape index (κ3) is 10.6. The number of carbonyl (C=O) groups is 3. The fourth-order valence-corrected chi connectivity index (χ4v) is 5.61. The molecular weight excluding hydrogens is 472 g/mol. The minimum absolute atomic E-state index is 0. The van der Waals surface area contributed by atoms with Crippen molar-refractivity contribution in [1.82, 2.24) is 20.3 Å². The van der Waals surface area contributed by atoms with Crippen LogP contribution in [0.3, 0.4) is 0 Å². The topological polar surface area (TPSA) is 145 Å². The van der Waals surface area contributed by atoms with Gasteiger partial charge >= 0.3 is 5.97 Å². The van der Waals surface area contributed by atoms with Gasteiger partial charge in [-0.15, -0.1) is 12.4 Å². The fraction of sp³-hybridized carbons (Fsp3) is 0.857. The molecule has 0 radical (unpaired) electrons. The van der Waals surface area contributed by atoms with E-state index in [1.54, 1.807) is 4.90 Å². The van der Waals surface area contributed by atoms with Gasteiger partial charge in [-0.1, -0.05) is 13.3 Å². The van der Waals surface area contributed by atoms with Crippen LogP contribution in [0.25, 0.3) is 0 Å². The highest BCUT2D eigenvalue weighted by Crippen LogP contribution is 2.21. The van der Waals surface area contributed by atoms with Crippen molar-refractivity contribution in [2.45, 2.75) is 64.3 Å². The maximum atomic E-state index is 12.6. The summed E-state index contributed by atoms with van der Waals surface area (Å²) in [5.41, 5.74) is 0. The molecule has 2 rings (SSSR count). The van der Waals surface area contributed by atoms with Crippen LogP contribution < -0.4 is 15.4 Å². The largest absolute Gasteiger partial charge is 0.480 e. The molecule has 2 aliphatic heterocycles. The summed E-state index contributed by atoms with van der Waals surface area (Å²) in [4.78, 5) is 38.4. The minimum Gasteiger partial charge on any atom is -0.480 e. The Bertz CT molecular complexity index is 745.